The Balaban J connectivity index is 2.54. The fourth-order valence-corrected chi connectivity index (χ4v) is 1.25. The van der Waals surface area contributed by atoms with Gasteiger partial charge in [0, 0.05) is 5.92 Å². The van der Waals surface area contributed by atoms with Crippen molar-refractivity contribution >= 4 is 11.6 Å². The minimum Gasteiger partial charge on any atom is -0.371 e. The first-order valence-electron chi connectivity index (χ1n) is 3.67. The molecule has 0 spiro atoms. The first-order chi connectivity index (χ1) is 6.02. The van der Waals surface area contributed by atoms with Crippen LogP contribution in [0.1, 0.15) is 0 Å². The summed E-state index contributed by atoms with van der Waals surface area (Å²) in [6.07, 6.45) is 6.28. The highest BCUT2D eigenvalue weighted by Crippen LogP contribution is 2.27. The Bertz CT molecular complexity index is 262. The Hall–Kier alpha value is -1.07. The zero-order chi connectivity index (χ0) is 9.90. The zero-order valence-electron chi connectivity index (χ0n) is 6.68. The molecule has 0 amide bonds. The van der Waals surface area contributed by atoms with Crippen molar-refractivity contribution in [3.8, 4) is 0 Å². The van der Waals surface area contributed by atoms with E-state index in [0.29, 0.717) is 0 Å². The maximum Gasteiger partial charge on any atom is 0.165 e. The molecule has 0 saturated carbocycles. The minimum absolute atomic E-state index is 0.00611. The summed E-state index contributed by atoms with van der Waals surface area (Å²) in [5.74, 6) is -0.496. The van der Waals surface area contributed by atoms with Gasteiger partial charge in [-0.25, -0.2) is 10.1 Å². The van der Waals surface area contributed by atoms with Gasteiger partial charge in [-0.2, -0.15) is 0 Å². The number of hydrogen-bond donors (Lipinski definition) is 2. The van der Waals surface area contributed by atoms with Gasteiger partial charge >= 0.3 is 0 Å². The van der Waals surface area contributed by atoms with E-state index in [1.54, 1.807) is 18.2 Å². The Morgan fingerprint density at radius 1 is 1.69 bits per heavy atom. The highest BCUT2D eigenvalue weighted by molar-refractivity contribution is 6.24. The molecule has 1 rings (SSSR count). The second-order valence-electron chi connectivity index (χ2n) is 2.70. The van der Waals surface area contributed by atoms with Crippen LogP contribution >= 0.6 is 11.6 Å². The minimum atomic E-state index is -1.53. The van der Waals surface area contributed by atoms with E-state index < -0.39 is 16.0 Å². The number of alkyl halides is 1. The molecule has 0 heterocycles. The number of nitro groups is 1. The molecule has 2 N–H and O–H groups in total. The van der Waals surface area contributed by atoms with E-state index in [9.17, 15) is 15.2 Å². The van der Waals surface area contributed by atoms with Gasteiger partial charge in [0.2, 0.25) is 0 Å². The van der Waals surface area contributed by atoms with E-state index >= 15 is 0 Å². The zero-order valence-corrected chi connectivity index (χ0v) is 7.44. The molecule has 0 bridgehead atoms. The SMILES string of the molecule is O=[N+]([O-])NCC1C=CC=CC1(O)Cl. The van der Waals surface area contributed by atoms with Crippen LogP contribution in [0.4, 0.5) is 0 Å². The summed E-state index contributed by atoms with van der Waals surface area (Å²) in [4.78, 5) is 9.98. The standard InChI is InChI=1S/C7H9ClN2O3/c8-7(11)4-2-1-3-6(7)5-9-10(12)13/h1-4,6,9,11H,5H2. The molecule has 72 valence electrons. The van der Waals surface area contributed by atoms with Crippen LogP contribution in [0, 0.1) is 16.0 Å². The first-order valence-corrected chi connectivity index (χ1v) is 4.05. The summed E-state index contributed by atoms with van der Waals surface area (Å²) in [7, 11) is 0. The molecule has 0 fully saturated rings. The molecule has 0 radical (unpaired) electrons. The topological polar surface area (TPSA) is 75.4 Å². The monoisotopic (exact) mass is 204 g/mol. The lowest BCUT2D eigenvalue weighted by atomic mass is 9.97. The average Bonchev–Trinajstić information content (AvgIpc) is 2.01. The summed E-state index contributed by atoms with van der Waals surface area (Å²) < 4.78 is 0. The third-order valence-electron chi connectivity index (χ3n) is 1.74. The van der Waals surface area contributed by atoms with Gasteiger partial charge in [-0.1, -0.05) is 29.8 Å². The van der Waals surface area contributed by atoms with Crippen molar-refractivity contribution in [1.29, 1.82) is 0 Å². The molecule has 5 nitrogen and oxygen atoms in total. The Labute approximate surface area is 79.8 Å². The van der Waals surface area contributed by atoms with Crippen molar-refractivity contribution in [2.24, 2.45) is 5.92 Å². The summed E-state index contributed by atoms with van der Waals surface area (Å²) in [6, 6.07) is 0. The van der Waals surface area contributed by atoms with E-state index in [1.165, 1.54) is 6.08 Å². The predicted molar refractivity (Wildman–Crippen MR) is 47.6 cm³/mol. The quantitative estimate of drug-likeness (QED) is 0.397. The second-order valence-corrected chi connectivity index (χ2v) is 3.30. The second kappa shape index (κ2) is 3.76. The van der Waals surface area contributed by atoms with Crippen LogP contribution in [0.2, 0.25) is 0 Å². The maximum absolute atomic E-state index is 9.98. The van der Waals surface area contributed by atoms with Crippen LogP contribution in [-0.2, 0) is 0 Å². The number of allylic oxidation sites excluding steroid dienone is 2. The maximum atomic E-state index is 9.98. The van der Waals surface area contributed by atoms with Gasteiger partial charge < -0.3 is 5.11 Å². The normalized spacial score (nSPS) is 31.7. The lowest BCUT2D eigenvalue weighted by molar-refractivity contribution is -0.545. The van der Waals surface area contributed by atoms with E-state index in [0.717, 1.165) is 0 Å². The summed E-state index contributed by atoms with van der Waals surface area (Å²) in [5, 5.41) is 17.3. The lowest BCUT2D eigenvalue weighted by Crippen LogP contribution is -2.39. The van der Waals surface area contributed by atoms with Crippen LogP contribution in [0.15, 0.2) is 24.3 Å². The molecule has 13 heavy (non-hydrogen) atoms. The molecular weight excluding hydrogens is 196 g/mol. The van der Waals surface area contributed by atoms with Gasteiger partial charge in [-0.3, -0.25) is 0 Å². The summed E-state index contributed by atoms with van der Waals surface area (Å²) >= 11 is 5.68. The Kier molecular flexibility index (Phi) is 2.90. The fourth-order valence-electron chi connectivity index (χ4n) is 1.03. The van der Waals surface area contributed by atoms with E-state index in [4.69, 9.17) is 11.6 Å². The number of halogens is 1. The number of hydrazine groups is 1. The molecular formula is C7H9ClN2O3. The van der Waals surface area contributed by atoms with Crippen LogP contribution in [-0.4, -0.2) is 21.7 Å². The number of nitrogens with zero attached hydrogens (tertiary/aromatic N) is 1. The summed E-state index contributed by atoms with van der Waals surface area (Å²) in [6.45, 7) is -0.00611. The molecule has 6 heteroatoms. The van der Waals surface area contributed by atoms with Gasteiger partial charge in [-0.05, 0) is 6.08 Å². The van der Waals surface area contributed by atoms with Crippen LogP contribution in [0.3, 0.4) is 0 Å². The van der Waals surface area contributed by atoms with E-state index in [1.807, 2.05) is 5.43 Å². The third kappa shape index (κ3) is 2.71. The lowest BCUT2D eigenvalue weighted by Gasteiger charge is -2.25. The number of aliphatic hydroxyl groups is 1. The van der Waals surface area contributed by atoms with Crippen molar-refractivity contribution < 1.29 is 10.1 Å². The molecule has 0 aromatic rings. The van der Waals surface area contributed by atoms with Gasteiger partial charge in [0.05, 0.1) is 6.54 Å². The number of hydrogen-bond acceptors (Lipinski definition) is 3. The Morgan fingerprint density at radius 2 is 2.38 bits per heavy atom. The molecule has 1 aliphatic carbocycles. The highest BCUT2D eigenvalue weighted by Gasteiger charge is 2.32. The molecule has 0 aromatic heterocycles. The van der Waals surface area contributed by atoms with Crippen LogP contribution in [0.25, 0.3) is 0 Å². The van der Waals surface area contributed by atoms with E-state index in [-0.39, 0.29) is 6.54 Å². The average molecular weight is 205 g/mol. The summed E-state index contributed by atoms with van der Waals surface area (Å²) in [5.41, 5.74) is 1.96. The number of nitrogens with one attached hydrogen (secondary N) is 1. The van der Waals surface area contributed by atoms with Crippen molar-refractivity contribution in [3.63, 3.8) is 0 Å². The van der Waals surface area contributed by atoms with Gasteiger partial charge in [-0.15, -0.1) is 5.43 Å². The van der Waals surface area contributed by atoms with E-state index in [2.05, 4.69) is 0 Å². The third-order valence-corrected chi connectivity index (χ3v) is 2.15. The van der Waals surface area contributed by atoms with Crippen molar-refractivity contribution in [2.45, 2.75) is 5.06 Å². The Morgan fingerprint density at radius 3 is 2.92 bits per heavy atom. The van der Waals surface area contributed by atoms with Gasteiger partial charge in [0.15, 0.2) is 10.1 Å². The highest BCUT2D eigenvalue weighted by atomic mass is 35.5. The molecule has 0 aliphatic heterocycles. The fraction of sp³-hybridized carbons (Fsp3) is 0.429. The first kappa shape index (κ1) is 10.0. The van der Waals surface area contributed by atoms with Crippen molar-refractivity contribution in [1.82, 2.24) is 5.43 Å². The molecule has 1 aliphatic rings. The molecule has 0 saturated heterocycles. The van der Waals surface area contributed by atoms with Crippen molar-refractivity contribution in [3.05, 3.63) is 34.4 Å². The molecule has 2 unspecified atom stereocenters. The predicted octanol–water partition coefficient (Wildman–Crippen LogP) is 0.437. The van der Waals surface area contributed by atoms with Gasteiger partial charge in [0.25, 0.3) is 0 Å². The van der Waals surface area contributed by atoms with Crippen LogP contribution < -0.4 is 5.43 Å². The largest absolute Gasteiger partial charge is 0.371 e. The molecule has 2 atom stereocenters. The van der Waals surface area contributed by atoms with Gasteiger partial charge in [0.1, 0.15) is 0 Å². The van der Waals surface area contributed by atoms with Crippen LogP contribution in [0.5, 0.6) is 0 Å². The number of rotatable bonds is 3. The molecule has 0 aromatic carbocycles. The smallest absolute Gasteiger partial charge is 0.165 e. The van der Waals surface area contributed by atoms with Crippen molar-refractivity contribution in [2.75, 3.05) is 6.54 Å².